The second-order valence-electron chi connectivity index (χ2n) is 6.94. The lowest BCUT2D eigenvalue weighted by Gasteiger charge is -2.28. The van der Waals surface area contributed by atoms with Crippen LogP contribution in [0.1, 0.15) is 31.9 Å². The molecule has 0 fully saturated rings. The zero-order chi connectivity index (χ0) is 21.0. The highest BCUT2D eigenvalue weighted by Crippen LogP contribution is 2.30. The molecular formula is C20H22FN3O5. The number of aliphatic hydroxyl groups is 1. The van der Waals surface area contributed by atoms with Crippen LogP contribution in [0.25, 0.3) is 10.9 Å². The van der Waals surface area contributed by atoms with Crippen molar-refractivity contribution in [3.8, 4) is 0 Å². The lowest BCUT2D eigenvalue weighted by molar-refractivity contribution is -0.147. The van der Waals surface area contributed by atoms with Gasteiger partial charge in [0, 0.05) is 11.8 Å². The quantitative estimate of drug-likeness (QED) is 0.618. The number of rotatable bonds is 8. The van der Waals surface area contributed by atoms with Crippen molar-refractivity contribution in [1.82, 2.24) is 10.3 Å². The predicted molar refractivity (Wildman–Crippen MR) is 103 cm³/mol. The van der Waals surface area contributed by atoms with Crippen molar-refractivity contribution in [3.05, 3.63) is 42.1 Å². The maximum Gasteiger partial charge on any atom is 0.305 e. The molecule has 2 aromatic rings. The second kappa shape index (κ2) is 8.52. The number of alkyl halides is 1. The Bertz CT molecular complexity index is 951. The first-order chi connectivity index (χ1) is 13.9. The Morgan fingerprint density at radius 3 is 2.76 bits per heavy atom. The fourth-order valence-electron chi connectivity index (χ4n) is 3.19. The van der Waals surface area contributed by atoms with Crippen molar-refractivity contribution in [2.75, 3.05) is 6.67 Å². The first-order valence-electron chi connectivity index (χ1n) is 9.26. The second-order valence-corrected chi connectivity index (χ2v) is 6.94. The summed E-state index contributed by atoms with van der Waals surface area (Å²) in [5, 5.41) is 26.1. The molecule has 0 aliphatic carbocycles. The van der Waals surface area contributed by atoms with Crippen LogP contribution in [0.15, 0.2) is 41.6 Å². The number of oxime groups is 1. The van der Waals surface area contributed by atoms with Gasteiger partial charge in [-0.3, -0.25) is 9.59 Å². The van der Waals surface area contributed by atoms with Crippen LogP contribution in [0.4, 0.5) is 4.39 Å². The van der Waals surface area contributed by atoms with Gasteiger partial charge in [-0.15, -0.1) is 0 Å². The molecule has 0 bridgehead atoms. The van der Waals surface area contributed by atoms with E-state index < -0.39 is 42.7 Å². The van der Waals surface area contributed by atoms with Crippen molar-refractivity contribution < 1.29 is 29.0 Å². The highest BCUT2D eigenvalue weighted by atomic mass is 19.1. The molecule has 154 valence electrons. The van der Waals surface area contributed by atoms with Gasteiger partial charge in [0.05, 0.1) is 23.7 Å². The van der Waals surface area contributed by atoms with Crippen LogP contribution in [0.5, 0.6) is 0 Å². The predicted octanol–water partition coefficient (Wildman–Crippen LogP) is 1.80. The average molecular weight is 403 g/mol. The summed E-state index contributed by atoms with van der Waals surface area (Å²) in [5.41, 5.74) is 0.445. The minimum absolute atomic E-state index is 0.117. The van der Waals surface area contributed by atoms with Gasteiger partial charge in [-0.25, -0.2) is 9.37 Å². The van der Waals surface area contributed by atoms with E-state index >= 15 is 0 Å². The number of carboxylic acid groups (broad SMARTS) is 1. The van der Waals surface area contributed by atoms with Gasteiger partial charge in [-0.1, -0.05) is 36.3 Å². The molecule has 2 heterocycles. The van der Waals surface area contributed by atoms with Crippen LogP contribution in [0.3, 0.4) is 0 Å². The molecule has 3 rings (SSSR count). The van der Waals surface area contributed by atoms with Crippen molar-refractivity contribution in [3.63, 3.8) is 0 Å². The van der Waals surface area contributed by atoms with Crippen LogP contribution in [0, 0.1) is 0 Å². The van der Waals surface area contributed by atoms with E-state index in [1.165, 1.54) is 0 Å². The number of carboxylic acids is 1. The molecule has 3 N–H and O–H groups in total. The molecule has 9 heteroatoms. The molecular weight excluding hydrogens is 381 g/mol. The average Bonchev–Trinajstić information content (AvgIpc) is 3.18. The summed E-state index contributed by atoms with van der Waals surface area (Å²) in [6.07, 6.45) is -1.89. The lowest BCUT2D eigenvalue weighted by atomic mass is 9.91. The number of aliphatic hydroxyl groups excluding tert-OH is 1. The molecule has 1 aliphatic rings. The van der Waals surface area contributed by atoms with Gasteiger partial charge in [0.2, 0.25) is 5.60 Å². The molecule has 8 nitrogen and oxygen atoms in total. The molecule has 0 spiro atoms. The SMILES string of the molecule is CC[C@@]1(C(=O)NC(CC(=O)O)C(O)CF)CC(c2ccc3ccccc3n2)=NO1. The lowest BCUT2D eigenvalue weighted by Crippen LogP contribution is -2.54. The number of halogens is 1. The molecule has 29 heavy (non-hydrogen) atoms. The van der Waals surface area contributed by atoms with Gasteiger partial charge in [-0.05, 0) is 18.6 Å². The van der Waals surface area contributed by atoms with Crippen molar-refractivity contribution in [2.45, 2.75) is 43.9 Å². The minimum atomic E-state index is -1.63. The highest BCUT2D eigenvalue weighted by molar-refractivity contribution is 6.05. The molecule has 0 saturated carbocycles. The molecule has 0 radical (unpaired) electrons. The zero-order valence-electron chi connectivity index (χ0n) is 15.8. The molecule has 2 unspecified atom stereocenters. The number of carbonyl (C=O) groups is 2. The number of hydrogen-bond donors (Lipinski definition) is 3. The summed E-state index contributed by atoms with van der Waals surface area (Å²) in [5.74, 6) is -1.92. The number of amides is 1. The van der Waals surface area contributed by atoms with E-state index in [-0.39, 0.29) is 12.8 Å². The molecule has 3 atom stereocenters. The topological polar surface area (TPSA) is 121 Å². The smallest absolute Gasteiger partial charge is 0.305 e. The summed E-state index contributed by atoms with van der Waals surface area (Å²) in [6.45, 7) is 0.546. The Morgan fingerprint density at radius 2 is 2.07 bits per heavy atom. The van der Waals surface area contributed by atoms with Gasteiger partial charge in [0.25, 0.3) is 5.91 Å². The van der Waals surface area contributed by atoms with Gasteiger partial charge in [0.1, 0.15) is 18.5 Å². The Hall–Kier alpha value is -3.07. The van der Waals surface area contributed by atoms with E-state index in [9.17, 15) is 19.1 Å². The van der Waals surface area contributed by atoms with E-state index in [1.54, 1.807) is 13.0 Å². The minimum Gasteiger partial charge on any atom is -0.481 e. The van der Waals surface area contributed by atoms with E-state index in [2.05, 4.69) is 15.5 Å². The summed E-state index contributed by atoms with van der Waals surface area (Å²) < 4.78 is 12.8. The fraction of sp³-hybridized carbons (Fsp3) is 0.400. The Labute approximate surface area is 166 Å². The molecule has 1 aromatic heterocycles. The number of aliphatic carboxylic acids is 1. The summed E-state index contributed by atoms with van der Waals surface area (Å²) in [4.78, 5) is 33.8. The molecule has 1 aliphatic heterocycles. The number of nitrogens with one attached hydrogen (secondary N) is 1. The third kappa shape index (κ3) is 4.34. The summed E-state index contributed by atoms with van der Waals surface area (Å²) in [7, 11) is 0. The largest absolute Gasteiger partial charge is 0.481 e. The van der Waals surface area contributed by atoms with Crippen LogP contribution < -0.4 is 5.32 Å². The van der Waals surface area contributed by atoms with Crippen LogP contribution >= 0.6 is 0 Å². The van der Waals surface area contributed by atoms with Gasteiger partial charge >= 0.3 is 5.97 Å². The zero-order valence-corrected chi connectivity index (χ0v) is 15.8. The molecule has 1 aromatic carbocycles. The summed E-state index contributed by atoms with van der Waals surface area (Å²) in [6, 6.07) is 9.98. The maximum atomic E-state index is 12.8. The van der Waals surface area contributed by atoms with E-state index in [4.69, 9.17) is 9.94 Å². The number of para-hydroxylation sites is 1. The number of nitrogens with zero attached hydrogens (tertiary/aromatic N) is 2. The van der Waals surface area contributed by atoms with Crippen molar-refractivity contribution in [2.24, 2.45) is 5.16 Å². The molecule has 1 amide bonds. The van der Waals surface area contributed by atoms with Crippen molar-refractivity contribution in [1.29, 1.82) is 0 Å². The normalized spacial score (nSPS) is 20.6. The third-order valence-electron chi connectivity index (χ3n) is 5.00. The number of pyridine rings is 1. The van der Waals surface area contributed by atoms with Gasteiger partial charge in [-0.2, -0.15) is 0 Å². The van der Waals surface area contributed by atoms with E-state index in [0.717, 1.165) is 10.9 Å². The first kappa shape index (κ1) is 20.7. The van der Waals surface area contributed by atoms with Crippen LogP contribution in [0.2, 0.25) is 0 Å². The van der Waals surface area contributed by atoms with Gasteiger partial charge < -0.3 is 20.4 Å². The van der Waals surface area contributed by atoms with E-state index in [1.807, 2.05) is 30.3 Å². The number of aromatic nitrogens is 1. The van der Waals surface area contributed by atoms with Gasteiger partial charge in [0.15, 0.2) is 0 Å². The standard InChI is InChI=1S/C20H22FN3O5/c1-2-20(19(28)23-15(9-18(26)27)17(25)11-21)10-16(24-29-20)14-8-7-12-5-3-4-6-13(12)22-14/h3-8,15,17,25H,2,9-11H2,1H3,(H,23,28)(H,26,27)/t15?,17?,20-/m0/s1. The number of carbonyl (C=O) groups excluding carboxylic acids is 1. The Kier molecular flexibility index (Phi) is 6.07. The molecule has 0 saturated heterocycles. The first-order valence-corrected chi connectivity index (χ1v) is 9.26. The van der Waals surface area contributed by atoms with Crippen LogP contribution in [-0.4, -0.2) is 57.2 Å². The number of hydrogen-bond acceptors (Lipinski definition) is 6. The number of benzene rings is 1. The monoisotopic (exact) mass is 403 g/mol. The Morgan fingerprint density at radius 1 is 1.31 bits per heavy atom. The maximum absolute atomic E-state index is 12.8. The summed E-state index contributed by atoms with van der Waals surface area (Å²) >= 11 is 0. The highest BCUT2D eigenvalue weighted by Gasteiger charge is 2.46. The van der Waals surface area contributed by atoms with Crippen molar-refractivity contribution >= 4 is 28.5 Å². The number of fused-ring (bicyclic) bond motifs is 1. The third-order valence-corrected chi connectivity index (χ3v) is 5.00. The Balaban J connectivity index is 1.78. The van der Waals surface area contributed by atoms with E-state index in [0.29, 0.717) is 11.4 Å². The van der Waals surface area contributed by atoms with Crippen LogP contribution in [-0.2, 0) is 14.4 Å². The fourth-order valence-corrected chi connectivity index (χ4v) is 3.19.